The normalized spacial score (nSPS) is 11.8. The molecule has 142 valence electrons. The minimum absolute atomic E-state index is 0.00411. The number of H-pyrrole nitrogens is 1. The van der Waals surface area contributed by atoms with Gasteiger partial charge in [0.25, 0.3) is 0 Å². The Kier molecular flexibility index (Phi) is 5.25. The standard InChI is InChI=1S/C19H16F5N3/c1-2-3-4-11-7-15(13-6-5-12(20)9-14(13)21)25-16(8-11)17-10-18(27-26-17)19(22,23)24/h5-10H,2-4H2,1H3,(H,26,27). The van der Waals surface area contributed by atoms with Crippen LogP contribution < -0.4 is 0 Å². The van der Waals surface area contributed by atoms with E-state index in [9.17, 15) is 22.0 Å². The van der Waals surface area contributed by atoms with Gasteiger partial charge in [0.1, 0.15) is 23.0 Å². The van der Waals surface area contributed by atoms with Crippen LogP contribution in [0.2, 0.25) is 0 Å². The summed E-state index contributed by atoms with van der Waals surface area (Å²) in [6.45, 7) is 2.01. The third kappa shape index (κ3) is 4.32. The lowest BCUT2D eigenvalue weighted by Crippen LogP contribution is -2.04. The number of aromatic nitrogens is 3. The van der Waals surface area contributed by atoms with Crippen molar-refractivity contribution in [3.05, 3.63) is 59.3 Å². The average Bonchev–Trinajstić information content (AvgIpc) is 3.10. The van der Waals surface area contributed by atoms with Gasteiger partial charge in [0.2, 0.25) is 0 Å². The molecule has 8 heteroatoms. The van der Waals surface area contributed by atoms with Crippen molar-refractivity contribution < 1.29 is 22.0 Å². The van der Waals surface area contributed by atoms with Crippen molar-refractivity contribution in [1.82, 2.24) is 15.2 Å². The second-order valence-electron chi connectivity index (χ2n) is 6.14. The fraction of sp³-hybridized carbons (Fsp3) is 0.263. The molecule has 0 amide bonds. The summed E-state index contributed by atoms with van der Waals surface area (Å²) in [5.41, 5.74) is 0.277. The molecule has 0 atom stereocenters. The number of rotatable bonds is 5. The van der Waals surface area contributed by atoms with E-state index in [4.69, 9.17) is 0 Å². The second kappa shape index (κ2) is 7.46. The zero-order chi connectivity index (χ0) is 19.6. The molecule has 0 aliphatic heterocycles. The maximum absolute atomic E-state index is 14.2. The highest BCUT2D eigenvalue weighted by Crippen LogP contribution is 2.31. The number of pyridine rings is 1. The van der Waals surface area contributed by atoms with E-state index in [1.165, 1.54) is 6.07 Å². The van der Waals surface area contributed by atoms with Crippen molar-refractivity contribution in [3.8, 4) is 22.6 Å². The second-order valence-corrected chi connectivity index (χ2v) is 6.14. The lowest BCUT2D eigenvalue weighted by molar-refractivity contribution is -0.141. The minimum Gasteiger partial charge on any atom is -0.273 e. The van der Waals surface area contributed by atoms with Crippen LogP contribution in [0.25, 0.3) is 22.6 Å². The van der Waals surface area contributed by atoms with Crippen molar-refractivity contribution in [3.63, 3.8) is 0 Å². The number of hydrogen-bond acceptors (Lipinski definition) is 2. The Balaban J connectivity index is 2.09. The Morgan fingerprint density at radius 3 is 2.33 bits per heavy atom. The van der Waals surface area contributed by atoms with Gasteiger partial charge in [-0.05, 0) is 48.7 Å². The number of nitrogens with one attached hydrogen (secondary N) is 1. The van der Waals surface area contributed by atoms with E-state index < -0.39 is 23.5 Å². The summed E-state index contributed by atoms with van der Waals surface area (Å²) in [5, 5.41) is 5.63. The number of benzene rings is 1. The number of hydrogen-bond donors (Lipinski definition) is 1. The first-order valence-electron chi connectivity index (χ1n) is 8.37. The Bertz CT molecular complexity index is 947. The molecule has 0 spiro atoms. The van der Waals surface area contributed by atoms with E-state index in [1.807, 2.05) is 12.0 Å². The molecule has 0 aliphatic rings. The maximum atomic E-state index is 14.2. The van der Waals surface area contributed by atoms with Crippen molar-refractivity contribution >= 4 is 0 Å². The van der Waals surface area contributed by atoms with Crippen LogP contribution >= 0.6 is 0 Å². The molecule has 2 aromatic heterocycles. The predicted molar refractivity (Wildman–Crippen MR) is 90.8 cm³/mol. The maximum Gasteiger partial charge on any atom is 0.432 e. The zero-order valence-electron chi connectivity index (χ0n) is 14.4. The Labute approximate surface area is 152 Å². The molecular formula is C19H16F5N3. The molecule has 0 radical (unpaired) electrons. The Morgan fingerprint density at radius 1 is 0.963 bits per heavy atom. The number of aromatic amines is 1. The summed E-state index contributed by atoms with van der Waals surface area (Å²) in [6.07, 6.45) is -2.14. The highest BCUT2D eigenvalue weighted by Gasteiger charge is 2.33. The topological polar surface area (TPSA) is 41.6 Å². The summed E-state index contributed by atoms with van der Waals surface area (Å²) in [7, 11) is 0. The van der Waals surface area contributed by atoms with Crippen molar-refractivity contribution in [2.45, 2.75) is 32.4 Å². The van der Waals surface area contributed by atoms with Crippen LogP contribution in [0.3, 0.4) is 0 Å². The van der Waals surface area contributed by atoms with Crippen LogP contribution in [0.15, 0.2) is 36.4 Å². The molecule has 2 heterocycles. The number of nitrogens with zero attached hydrogens (tertiary/aromatic N) is 2. The molecule has 1 N–H and O–H groups in total. The quantitative estimate of drug-likeness (QED) is 0.570. The first-order chi connectivity index (χ1) is 12.8. The minimum atomic E-state index is -4.56. The van der Waals surface area contributed by atoms with Crippen LogP contribution in [-0.2, 0) is 12.6 Å². The lowest BCUT2D eigenvalue weighted by Gasteiger charge is -2.09. The van der Waals surface area contributed by atoms with Crippen molar-refractivity contribution in [2.24, 2.45) is 0 Å². The molecule has 3 nitrogen and oxygen atoms in total. The molecule has 0 unspecified atom stereocenters. The zero-order valence-corrected chi connectivity index (χ0v) is 14.4. The van der Waals surface area contributed by atoms with Crippen LogP contribution in [0.1, 0.15) is 31.0 Å². The smallest absolute Gasteiger partial charge is 0.273 e. The van der Waals surface area contributed by atoms with Gasteiger partial charge < -0.3 is 0 Å². The molecule has 3 rings (SSSR count). The van der Waals surface area contributed by atoms with Crippen LogP contribution in [0, 0.1) is 11.6 Å². The monoisotopic (exact) mass is 381 g/mol. The number of unbranched alkanes of at least 4 members (excludes halogenated alkanes) is 1. The highest BCUT2D eigenvalue weighted by atomic mass is 19.4. The Morgan fingerprint density at radius 2 is 1.70 bits per heavy atom. The van der Waals surface area contributed by atoms with Crippen molar-refractivity contribution in [1.29, 1.82) is 0 Å². The van der Waals surface area contributed by atoms with Gasteiger partial charge in [0, 0.05) is 11.6 Å². The molecule has 0 aliphatic carbocycles. The molecule has 3 aromatic rings. The van der Waals surface area contributed by atoms with Gasteiger partial charge in [-0.3, -0.25) is 5.10 Å². The van der Waals surface area contributed by atoms with E-state index in [0.717, 1.165) is 36.6 Å². The van der Waals surface area contributed by atoms with Gasteiger partial charge in [-0.1, -0.05) is 13.3 Å². The number of aryl methyl sites for hydroxylation is 1. The Hall–Kier alpha value is -2.77. The van der Waals surface area contributed by atoms with E-state index in [-0.39, 0.29) is 22.6 Å². The van der Waals surface area contributed by atoms with Crippen LogP contribution in [-0.4, -0.2) is 15.2 Å². The summed E-state index contributed by atoms with van der Waals surface area (Å²) < 4.78 is 65.8. The van der Waals surface area contributed by atoms with E-state index in [0.29, 0.717) is 6.42 Å². The predicted octanol–water partition coefficient (Wildman–Crippen LogP) is 5.78. The summed E-state index contributed by atoms with van der Waals surface area (Å²) >= 11 is 0. The van der Waals surface area contributed by atoms with Gasteiger partial charge in [-0.2, -0.15) is 18.3 Å². The first-order valence-corrected chi connectivity index (χ1v) is 8.37. The fourth-order valence-corrected chi connectivity index (χ4v) is 2.68. The number of halogens is 5. The van der Waals surface area contributed by atoms with Gasteiger partial charge >= 0.3 is 6.18 Å². The van der Waals surface area contributed by atoms with Crippen molar-refractivity contribution in [2.75, 3.05) is 0 Å². The molecule has 1 aromatic carbocycles. The van der Waals surface area contributed by atoms with Gasteiger partial charge in [0.05, 0.1) is 11.4 Å². The molecule has 27 heavy (non-hydrogen) atoms. The third-order valence-corrected chi connectivity index (χ3v) is 4.06. The number of alkyl halides is 3. The van der Waals surface area contributed by atoms with Gasteiger partial charge in [-0.25, -0.2) is 13.8 Å². The molecule has 0 saturated heterocycles. The first kappa shape index (κ1) is 19.0. The van der Waals surface area contributed by atoms with E-state index in [2.05, 4.69) is 10.1 Å². The van der Waals surface area contributed by atoms with Gasteiger partial charge in [0.15, 0.2) is 0 Å². The largest absolute Gasteiger partial charge is 0.432 e. The molecule has 0 saturated carbocycles. The van der Waals surface area contributed by atoms with Crippen LogP contribution in [0.5, 0.6) is 0 Å². The molecule has 0 bridgehead atoms. The average molecular weight is 381 g/mol. The van der Waals surface area contributed by atoms with E-state index >= 15 is 0 Å². The summed E-state index contributed by atoms with van der Waals surface area (Å²) in [4.78, 5) is 4.26. The summed E-state index contributed by atoms with van der Waals surface area (Å²) in [6, 6.07) is 7.26. The van der Waals surface area contributed by atoms with Crippen LogP contribution in [0.4, 0.5) is 22.0 Å². The highest BCUT2D eigenvalue weighted by molar-refractivity contribution is 5.66. The third-order valence-electron chi connectivity index (χ3n) is 4.06. The fourth-order valence-electron chi connectivity index (χ4n) is 2.68. The van der Waals surface area contributed by atoms with Gasteiger partial charge in [-0.15, -0.1) is 0 Å². The molecule has 0 fully saturated rings. The lowest BCUT2D eigenvalue weighted by atomic mass is 10.0. The summed E-state index contributed by atoms with van der Waals surface area (Å²) in [5.74, 6) is -1.51. The molecular weight excluding hydrogens is 365 g/mol. The SMILES string of the molecule is CCCCc1cc(-c2cc(C(F)(F)F)[nH]n2)nc(-c2ccc(F)cc2F)c1. The van der Waals surface area contributed by atoms with E-state index in [1.54, 1.807) is 12.1 Å².